The Bertz CT molecular complexity index is 1560. The van der Waals surface area contributed by atoms with Crippen LogP contribution in [0.1, 0.15) is 53.7 Å². The van der Waals surface area contributed by atoms with Crippen LogP contribution in [0.15, 0.2) is 85.2 Å². The number of hydrogen-bond acceptors (Lipinski definition) is 7. The summed E-state index contributed by atoms with van der Waals surface area (Å²) in [4.78, 5) is 45.4. The fourth-order valence-electron chi connectivity index (χ4n) is 4.93. The molecule has 0 unspecified atom stereocenters. The summed E-state index contributed by atoms with van der Waals surface area (Å²) in [5, 5.41) is 12.3. The molecule has 2 N–H and O–H groups in total. The highest BCUT2D eigenvalue weighted by Gasteiger charge is 2.30. The zero-order chi connectivity index (χ0) is 29.9. The number of amides is 1. The lowest BCUT2D eigenvalue weighted by molar-refractivity contribution is -0.139. The van der Waals surface area contributed by atoms with E-state index in [9.17, 15) is 19.5 Å². The van der Waals surface area contributed by atoms with E-state index in [1.54, 1.807) is 45.0 Å². The van der Waals surface area contributed by atoms with Gasteiger partial charge in [0.1, 0.15) is 18.2 Å². The van der Waals surface area contributed by atoms with Gasteiger partial charge in [0, 0.05) is 30.3 Å². The molecule has 0 saturated heterocycles. The molecule has 4 aromatic rings. The van der Waals surface area contributed by atoms with Crippen molar-refractivity contribution in [2.45, 2.75) is 44.8 Å². The zero-order valence-corrected chi connectivity index (χ0v) is 23.5. The van der Waals surface area contributed by atoms with Crippen LogP contribution >= 0.6 is 0 Å². The summed E-state index contributed by atoms with van der Waals surface area (Å²) in [6.45, 7) is 5.44. The van der Waals surface area contributed by atoms with Crippen molar-refractivity contribution in [2.75, 3.05) is 6.61 Å². The molecule has 1 atom stereocenters. The summed E-state index contributed by atoms with van der Waals surface area (Å²) in [5.41, 5.74) is 5.36. The maximum atomic E-state index is 12.7. The van der Waals surface area contributed by atoms with E-state index >= 15 is 0 Å². The zero-order valence-electron chi connectivity index (χ0n) is 23.5. The molecule has 0 radical (unpaired) electrons. The van der Waals surface area contributed by atoms with Crippen molar-refractivity contribution < 1.29 is 29.0 Å². The molecule has 0 bridgehead atoms. The van der Waals surface area contributed by atoms with Crippen LogP contribution in [0.4, 0.5) is 4.79 Å². The third kappa shape index (κ3) is 6.46. The maximum Gasteiger partial charge on any atom is 0.407 e. The molecule has 42 heavy (non-hydrogen) atoms. The fraction of sp³-hybridized carbons (Fsp3) is 0.242. The van der Waals surface area contributed by atoms with Gasteiger partial charge in [-0.2, -0.15) is 0 Å². The van der Waals surface area contributed by atoms with Crippen molar-refractivity contribution >= 4 is 18.0 Å². The van der Waals surface area contributed by atoms with E-state index < -0.39 is 29.7 Å². The van der Waals surface area contributed by atoms with Gasteiger partial charge in [-0.25, -0.2) is 24.4 Å². The smallest absolute Gasteiger partial charge is 0.407 e. The van der Waals surface area contributed by atoms with Crippen molar-refractivity contribution in [3.05, 3.63) is 107 Å². The molecule has 0 saturated carbocycles. The van der Waals surface area contributed by atoms with E-state index in [0.29, 0.717) is 17.0 Å². The topological polar surface area (TPSA) is 128 Å². The number of esters is 1. The Kier molecular flexibility index (Phi) is 8.01. The summed E-state index contributed by atoms with van der Waals surface area (Å²) in [6, 6.07) is 21.8. The van der Waals surface area contributed by atoms with E-state index in [0.717, 1.165) is 22.3 Å². The van der Waals surface area contributed by atoms with E-state index in [-0.39, 0.29) is 24.5 Å². The third-order valence-corrected chi connectivity index (χ3v) is 6.87. The number of carboxylic acid groups (broad SMARTS) is 1. The minimum absolute atomic E-state index is 0.0538. The molecular weight excluding hydrogens is 534 g/mol. The second-order valence-electron chi connectivity index (χ2n) is 11.1. The van der Waals surface area contributed by atoms with Gasteiger partial charge in [0.2, 0.25) is 0 Å². The Morgan fingerprint density at radius 3 is 2.00 bits per heavy atom. The Morgan fingerprint density at radius 2 is 1.45 bits per heavy atom. The highest BCUT2D eigenvalue weighted by atomic mass is 16.6. The molecule has 0 fully saturated rings. The fourth-order valence-corrected chi connectivity index (χ4v) is 4.93. The van der Waals surface area contributed by atoms with Gasteiger partial charge in [-0.3, -0.25) is 0 Å². The van der Waals surface area contributed by atoms with Crippen LogP contribution in [0.5, 0.6) is 0 Å². The van der Waals surface area contributed by atoms with Crippen LogP contribution in [0, 0.1) is 0 Å². The summed E-state index contributed by atoms with van der Waals surface area (Å²) in [6.07, 6.45) is 2.07. The first kappa shape index (κ1) is 28.5. The van der Waals surface area contributed by atoms with Gasteiger partial charge in [-0.1, -0.05) is 72.8 Å². The molecule has 0 aliphatic heterocycles. The highest BCUT2D eigenvalue weighted by Crippen LogP contribution is 2.44. The first-order chi connectivity index (χ1) is 20.1. The molecule has 3 aromatic carbocycles. The summed E-state index contributed by atoms with van der Waals surface area (Å²) < 4.78 is 10.9. The normalized spacial score (nSPS) is 13.0. The lowest BCUT2D eigenvalue weighted by Crippen LogP contribution is -2.42. The Balaban J connectivity index is 1.19. The first-order valence-electron chi connectivity index (χ1n) is 13.6. The lowest BCUT2D eigenvalue weighted by Gasteiger charge is -2.19. The van der Waals surface area contributed by atoms with Crippen molar-refractivity contribution in [2.24, 2.45) is 0 Å². The number of carboxylic acids is 1. The molecule has 9 nitrogen and oxygen atoms in total. The number of rotatable bonds is 8. The summed E-state index contributed by atoms with van der Waals surface area (Å²) in [7, 11) is 0. The van der Waals surface area contributed by atoms with Crippen LogP contribution in [0.2, 0.25) is 0 Å². The summed E-state index contributed by atoms with van der Waals surface area (Å²) >= 11 is 0. The van der Waals surface area contributed by atoms with Crippen LogP contribution in [-0.4, -0.2) is 51.4 Å². The average Bonchev–Trinajstić information content (AvgIpc) is 3.29. The van der Waals surface area contributed by atoms with Gasteiger partial charge >= 0.3 is 18.0 Å². The second-order valence-corrected chi connectivity index (χ2v) is 11.1. The first-order valence-corrected chi connectivity index (χ1v) is 13.6. The van der Waals surface area contributed by atoms with Crippen LogP contribution in [0.3, 0.4) is 0 Å². The average molecular weight is 566 g/mol. The number of carbonyl (C=O) groups is 3. The number of hydrogen-bond donors (Lipinski definition) is 2. The van der Waals surface area contributed by atoms with Crippen molar-refractivity contribution in [3.63, 3.8) is 0 Å². The number of nitrogens with zero attached hydrogens (tertiary/aromatic N) is 2. The molecule has 5 rings (SSSR count). The van der Waals surface area contributed by atoms with Gasteiger partial charge in [-0.05, 0) is 48.6 Å². The van der Waals surface area contributed by atoms with E-state index in [1.165, 1.54) is 12.4 Å². The van der Waals surface area contributed by atoms with Gasteiger partial charge < -0.3 is 19.9 Å². The number of fused-ring (bicyclic) bond motifs is 3. The number of aliphatic carboxylic acids is 1. The van der Waals surface area contributed by atoms with Crippen molar-refractivity contribution in [1.29, 1.82) is 0 Å². The molecule has 0 spiro atoms. The van der Waals surface area contributed by atoms with Gasteiger partial charge in [-0.15, -0.1) is 0 Å². The predicted molar refractivity (Wildman–Crippen MR) is 156 cm³/mol. The quantitative estimate of drug-likeness (QED) is 0.263. The molecule has 214 valence electrons. The summed E-state index contributed by atoms with van der Waals surface area (Å²) in [5.74, 6) is -1.40. The minimum atomic E-state index is -1.18. The number of ether oxygens (including phenoxy) is 2. The van der Waals surface area contributed by atoms with Crippen LogP contribution in [-0.2, 0) is 20.7 Å². The standard InChI is InChI=1S/C33H31N3O6/c1-33(2,3)42-31(39)22-17-34-29(35-18-22)21-14-12-20(13-15-21)16-28(30(37)38)36-32(40)41-19-27-25-10-6-4-8-23(25)24-9-5-7-11-26(24)27/h4-15,17-18,27-28H,16,19H2,1-3H3,(H,36,40)(H,37,38)/t28-/m0/s1. The van der Waals surface area contributed by atoms with Crippen molar-refractivity contribution in [1.82, 2.24) is 15.3 Å². The minimum Gasteiger partial charge on any atom is -0.480 e. The van der Waals surface area contributed by atoms with Gasteiger partial charge in [0.05, 0.1) is 5.56 Å². The molecule has 1 aliphatic carbocycles. The van der Waals surface area contributed by atoms with Crippen LogP contribution < -0.4 is 5.32 Å². The molecule has 1 amide bonds. The Labute approximate surface area is 243 Å². The molecule has 1 heterocycles. The van der Waals surface area contributed by atoms with Crippen LogP contribution in [0.25, 0.3) is 22.5 Å². The number of benzene rings is 3. The maximum absolute atomic E-state index is 12.7. The Morgan fingerprint density at radius 1 is 0.881 bits per heavy atom. The van der Waals surface area contributed by atoms with Gasteiger partial charge in [0.15, 0.2) is 5.82 Å². The highest BCUT2D eigenvalue weighted by molar-refractivity contribution is 5.89. The third-order valence-electron chi connectivity index (χ3n) is 6.87. The SMILES string of the molecule is CC(C)(C)OC(=O)c1cnc(-c2ccc(C[C@H](NC(=O)OCC3c4ccccc4-c4ccccc43)C(=O)O)cc2)nc1. The van der Waals surface area contributed by atoms with E-state index in [4.69, 9.17) is 9.47 Å². The number of aromatic nitrogens is 2. The molecule has 9 heteroatoms. The number of carbonyl (C=O) groups excluding carboxylic acids is 2. The Hall–Kier alpha value is -5.05. The second kappa shape index (κ2) is 11.8. The molecular formula is C33H31N3O6. The monoisotopic (exact) mass is 565 g/mol. The van der Waals surface area contributed by atoms with E-state index in [1.807, 2.05) is 48.5 Å². The molecule has 1 aromatic heterocycles. The van der Waals surface area contributed by atoms with Crippen molar-refractivity contribution in [3.8, 4) is 22.5 Å². The largest absolute Gasteiger partial charge is 0.480 e. The molecule has 1 aliphatic rings. The van der Waals surface area contributed by atoms with Gasteiger partial charge in [0.25, 0.3) is 0 Å². The number of nitrogens with one attached hydrogen (secondary N) is 1. The predicted octanol–water partition coefficient (Wildman–Crippen LogP) is 5.63. The van der Waals surface area contributed by atoms with E-state index in [2.05, 4.69) is 15.3 Å². The number of alkyl carbamates (subject to hydrolysis) is 1. The lowest BCUT2D eigenvalue weighted by atomic mass is 9.98.